The number of hydrogen-bond donors (Lipinski definition) is 0. The molecule has 226 valence electrons. The second-order valence-corrected chi connectivity index (χ2v) is 12.1. The minimum atomic E-state index is 0.861. The maximum absolute atomic E-state index is 7.05. The first-order chi connectivity index (χ1) is 23.8. The summed E-state index contributed by atoms with van der Waals surface area (Å²) in [7, 11) is 0. The summed E-state index contributed by atoms with van der Waals surface area (Å²) < 4.78 is 7.05. The Labute approximate surface area is 279 Å². The molecule has 9 rings (SSSR count). The Kier molecular flexibility index (Phi) is 6.84. The van der Waals surface area contributed by atoms with Crippen LogP contribution in [0, 0.1) is 0 Å². The fourth-order valence-corrected chi connectivity index (χ4v) is 6.94. The molecule has 0 spiro atoms. The minimum Gasteiger partial charge on any atom is -0.453 e. The molecule has 0 aliphatic carbocycles. The highest BCUT2D eigenvalue weighted by Crippen LogP contribution is 2.46. The molecule has 0 saturated carbocycles. The number of benzene rings is 8. The van der Waals surface area contributed by atoms with Gasteiger partial charge in [-0.2, -0.15) is 0 Å². The third-order valence-electron chi connectivity index (χ3n) is 9.26. The highest BCUT2D eigenvalue weighted by atomic mass is 16.3. The molecule has 0 fully saturated rings. The Bertz CT molecular complexity index is 2430. The van der Waals surface area contributed by atoms with E-state index < -0.39 is 0 Å². The lowest BCUT2D eigenvalue weighted by Crippen LogP contribution is -2.10. The Morgan fingerprint density at radius 2 is 0.833 bits per heavy atom. The molecule has 0 bridgehead atoms. The van der Waals surface area contributed by atoms with Gasteiger partial charge in [0.05, 0.1) is 5.69 Å². The first kappa shape index (κ1) is 27.9. The highest BCUT2D eigenvalue weighted by Gasteiger charge is 2.22. The van der Waals surface area contributed by atoms with E-state index in [4.69, 9.17) is 4.42 Å². The van der Waals surface area contributed by atoms with Crippen LogP contribution in [-0.2, 0) is 0 Å². The van der Waals surface area contributed by atoms with Crippen molar-refractivity contribution in [3.63, 3.8) is 0 Å². The first-order valence-corrected chi connectivity index (χ1v) is 16.4. The van der Waals surface area contributed by atoms with E-state index >= 15 is 0 Å². The van der Waals surface area contributed by atoms with E-state index in [1.165, 1.54) is 33.0 Å². The lowest BCUT2D eigenvalue weighted by atomic mass is 9.96. The van der Waals surface area contributed by atoms with Crippen LogP contribution < -0.4 is 4.90 Å². The zero-order valence-corrected chi connectivity index (χ0v) is 26.3. The molecule has 1 aromatic heterocycles. The molecular weight excluding hydrogens is 583 g/mol. The summed E-state index contributed by atoms with van der Waals surface area (Å²) in [5, 5.41) is 4.63. The number of furan rings is 1. The molecule has 0 amide bonds. The number of anilines is 3. The van der Waals surface area contributed by atoms with Crippen LogP contribution in [0.25, 0.3) is 66.1 Å². The normalized spacial score (nSPS) is 11.3. The zero-order valence-electron chi connectivity index (χ0n) is 26.3. The van der Waals surface area contributed by atoms with Crippen LogP contribution in [0.15, 0.2) is 192 Å². The van der Waals surface area contributed by atoms with Crippen LogP contribution in [0.1, 0.15) is 0 Å². The fourth-order valence-electron chi connectivity index (χ4n) is 6.94. The molecule has 48 heavy (non-hydrogen) atoms. The number of nitrogens with zero attached hydrogens (tertiary/aromatic N) is 1. The summed E-state index contributed by atoms with van der Waals surface area (Å²) in [6.45, 7) is 0. The molecule has 1 heterocycles. The van der Waals surface area contributed by atoms with Gasteiger partial charge in [0, 0.05) is 27.7 Å². The van der Waals surface area contributed by atoms with Crippen LogP contribution >= 0.6 is 0 Å². The summed E-state index contributed by atoms with van der Waals surface area (Å²) in [5.41, 5.74) is 11.9. The van der Waals surface area contributed by atoms with E-state index in [1.807, 2.05) is 0 Å². The maximum atomic E-state index is 7.05. The van der Waals surface area contributed by atoms with E-state index in [2.05, 4.69) is 193 Å². The van der Waals surface area contributed by atoms with E-state index in [1.54, 1.807) is 0 Å². The molecule has 8 aromatic carbocycles. The van der Waals surface area contributed by atoms with Gasteiger partial charge < -0.3 is 9.32 Å². The van der Waals surface area contributed by atoms with Gasteiger partial charge in [0.15, 0.2) is 5.58 Å². The number of para-hydroxylation sites is 1. The van der Waals surface area contributed by atoms with Gasteiger partial charge in [0.25, 0.3) is 0 Å². The van der Waals surface area contributed by atoms with Crippen molar-refractivity contribution < 1.29 is 4.42 Å². The average molecular weight is 614 g/mol. The third-order valence-corrected chi connectivity index (χ3v) is 9.26. The van der Waals surface area contributed by atoms with Crippen LogP contribution in [-0.4, -0.2) is 0 Å². The topological polar surface area (TPSA) is 16.4 Å². The van der Waals surface area contributed by atoms with Crippen molar-refractivity contribution in [2.75, 3.05) is 4.90 Å². The second-order valence-electron chi connectivity index (χ2n) is 12.1. The molecule has 0 atom stereocenters. The van der Waals surface area contributed by atoms with Gasteiger partial charge in [-0.1, -0.05) is 152 Å². The predicted octanol–water partition coefficient (Wildman–Crippen LogP) is 13.2. The van der Waals surface area contributed by atoms with Crippen molar-refractivity contribution in [3.05, 3.63) is 188 Å². The van der Waals surface area contributed by atoms with Crippen LogP contribution in [0.5, 0.6) is 0 Å². The molecule has 9 aromatic rings. The standard InChI is InChI=1S/C46H31NO/c1-4-13-32(14-5-1)34-23-27-38(28-24-34)47(39-29-25-35(26-30-39)33-15-6-2-7-16-33)43-22-12-21-41-44-40-20-11-10-19-37(40)31-42(46(44)48-45(41)43)36-17-8-3-9-18-36/h1-31H. The molecule has 2 nitrogen and oxygen atoms in total. The Morgan fingerprint density at radius 1 is 0.354 bits per heavy atom. The summed E-state index contributed by atoms with van der Waals surface area (Å²) in [6.07, 6.45) is 0. The Morgan fingerprint density at radius 3 is 1.42 bits per heavy atom. The number of rotatable bonds is 6. The van der Waals surface area contributed by atoms with Crippen molar-refractivity contribution in [1.29, 1.82) is 0 Å². The number of hydrogen-bond acceptors (Lipinski definition) is 2. The van der Waals surface area contributed by atoms with Crippen LogP contribution in [0.3, 0.4) is 0 Å². The van der Waals surface area contributed by atoms with Gasteiger partial charge >= 0.3 is 0 Å². The Balaban J connectivity index is 1.28. The summed E-state index contributed by atoms with van der Waals surface area (Å²) in [5.74, 6) is 0. The van der Waals surface area contributed by atoms with Gasteiger partial charge in [0.1, 0.15) is 5.58 Å². The van der Waals surface area contributed by atoms with Crippen molar-refractivity contribution >= 4 is 49.8 Å². The second kappa shape index (κ2) is 11.8. The van der Waals surface area contributed by atoms with E-state index in [0.29, 0.717) is 0 Å². The minimum absolute atomic E-state index is 0.861. The number of fused-ring (bicyclic) bond motifs is 5. The summed E-state index contributed by atoms with van der Waals surface area (Å²) >= 11 is 0. The molecule has 0 aliphatic heterocycles. The van der Waals surface area contributed by atoms with Crippen molar-refractivity contribution in [2.24, 2.45) is 0 Å². The van der Waals surface area contributed by atoms with Gasteiger partial charge in [-0.15, -0.1) is 0 Å². The quantitative estimate of drug-likeness (QED) is 0.185. The summed E-state index contributed by atoms with van der Waals surface area (Å²) in [4.78, 5) is 2.32. The smallest absolute Gasteiger partial charge is 0.159 e. The molecule has 0 unspecified atom stereocenters. The lowest BCUT2D eigenvalue weighted by molar-refractivity contribution is 0.670. The lowest BCUT2D eigenvalue weighted by Gasteiger charge is -2.26. The molecule has 0 aliphatic rings. The SMILES string of the molecule is c1ccc(-c2ccc(N(c3ccc(-c4ccccc4)cc3)c3cccc4c3oc3c(-c5ccccc5)cc5ccccc5c34)cc2)cc1. The van der Waals surface area contributed by atoms with E-state index in [9.17, 15) is 0 Å². The van der Waals surface area contributed by atoms with Gasteiger partial charge in [0.2, 0.25) is 0 Å². The zero-order chi connectivity index (χ0) is 31.9. The van der Waals surface area contributed by atoms with Crippen LogP contribution in [0.4, 0.5) is 17.1 Å². The van der Waals surface area contributed by atoms with Crippen LogP contribution in [0.2, 0.25) is 0 Å². The monoisotopic (exact) mass is 613 g/mol. The average Bonchev–Trinajstić information content (AvgIpc) is 3.57. The highest BCUT2D eigenvalue weighted by molar-refractivity contribution is 6.24. The fraction of sp³-hybridized carbons (Fsp3) is 0. The molecule has 2 heteroatoms. The molecule has 0 radical (unpaired) electrons. The van der Waals surface area contributed by atoms with Gasteiger partial charge in [-0.05, 0) is 75.0 Å². The summed E-state index contributed by atoms with van der Waals surface area (Å²) in [6, 6.07) is 66.6. The maximum Gasteiger partial charge on any atom is 0.159 e. The van der Waals surface area contributed by atoms with Gasteiger partial charge in [-0.25, -0.2) is 0 Å². The predicted molar refractivity (Wildman–Crippen MR) is 202 cm³/mol. The largest absolute Gasteiger partial charge is 0.453 e. The molecule has 0 saturated heterocycles. The van der Waals surface area contributed by atoms with Crippen molar-refractivity contribution in [1.82, 2.24) is 0 Å². The van der Waals surface area contributed by atoms with Crippen molar-refractivity contribution in [2.45, 2.75) is 0 Å². The Hall–Kier alpha value is -6.38. The molecular formula is C46H31NO. The van der Waals surface area contributed by atoms with Gasteiger partial charge in [-0.3, -0.25) is 0 Å². The first-order valence-electron chi connectivity index (χ1n) is 16.4. The third kappa shape index (κ3) is 4.83. The van der Waals surface area contributed by atoms with E-state index in [-0.39, 0.29) is 0 Å². The van der Waals surface area contributed by atoms with E-state index in [0.717, 1.165) is 50.1 Å². The molecule has 0 N–H and O–H groups in total. The van der Waals surface area contributed by atoms with Crippen molar-refractivity contribution in [3.8, 4) is 33.4 Å².